The summed E-state index contributed by atoms with van der Waals surface area (Å²) in [4.78, 5) is 18.5. The molecule has 2 heterocycles. The van der Waals surface area contributed by atoms with Crippen LogP contribution in [0.3, 0.4) is 0 Å². The standard InChI is InChI=1S/C15H18N4O3/c20-8-12-7-18(5-6-22-9-12)15(21)13-3-1-2-4-14(13)19-11-16-10-17-19/h1-4,10-12,20H,5-9H2/t12-/m0/s1. The van der Waals surface area contributed by atoms with Gasteiger partial charge >= 0.3 is 0 Å². The van der Waals surface area contributed by atoms with E-state index in [0.29, 0.717) is 37.6 Å². The van der Waals surface area contributed by atoms with Crippen LogP contribution in [0.5, 0.6) is 0 Å². The van der Waals surface area contributed by atoms with Gasteiger partial charge in [0.25, 0.3) is 5.91 Å². The van der Waals surface area contributed by atoms with E-state index in [1.54, 1.807) is 22.0 Å². The van der Waals surface area contributed by atoms with E-state index in [4.69, 9.17) is 4.74 Å². The number of carbonyl (C=O) groups is 1. The highest BCUT2D eigenvalue weighted by Crippen LogP contribution is 2.17. The van der Waals surface area contributed by atoms with E-state index < -0.39 is 0 Å². The Morgan fingerprint density at radius 1 is 1.41 bits per heavy atom. The predicted molar refractivity (Wildman–Crippen MR) is 78.7 cm³/mol. The van der Waals surface area contributed by atoms with Crippen molar-refractivity contribution in [3.8, 4) is 5.69 Å². The van der Waals surface area contributed by atoms with Crippen molar-refractivity contribution >= 4 is 5.91 Å². The molecule has 2 aromatic rings. The van der Waals surface area contributed by atoms with Gasteiger partial charge in [-0.15, -0.1) is 0 Å². The van der Waals surface area contributed by atoms with E-state index in [1.165, 1.54) is 6.33 Å². The maximum atomic E-state index is 12.9. The van der Waals surface area contributed by atoms with Gasteiger partial charge < -0.3 is 14.7 Å². The Bertz CT molecular complexity index is 629. The van der Waals surface area contributed by atoms with Crippen LogP contribution in [-0.4, -0.2) is 63.6 Å². The number of aromatic nitrogens is 3. The molecular weight excluding hydrogens is 284 g/mol. The molecule has 1 aromatic carbocycles. The second kappa shape index (κ2) is 6.67. The van der Waals surface area contributed by atoms with Gasteiger partial charge in [-0.3, -0.25) is 4.79 Å². The van der Waals surface area contributed by atoms with Gasteiger partial charge in [0, 0.05) is 25.6 Å². The Labute approximate surface area is 128 Å². The van der Waals surface area contributed by atoms with Gasteiger partial charge in [0.2, 0.25) is 0 Å². The average molecular weight is 302 g/mol. The molecule has 0 unspecified atom stereocenters. The van der Waals surface area contributed by atoms with Crippen LogP contribution in [-0.2, 0) is 4.74 Å². The van der Waals surface area contributed by atoms with Gasteiger partial charge in [-0.1, -0.05) is 12.1 Å². The summed E-state index contributed by atoms with van der Waals surface area (Å²) in [6.45, 7) is 1.97. The maximum absolute atomic E-state index is 12.9. The van der Waals surface area contributed by atoms with Crippen molar-refractivity contribution in [3.63, 3.8) is 0 Å². The summed E-state index contributed by atoms with van der Waals surface area (Å²) in [7, 11) is 0. The third-order valence-corrected chi connectivity index (χ3v) is 3.68. The zero-order valence-corrected chi connectivity index (χ0v) is 12.1. The van der Waals surface area contributed by atoms with Crippen LogP contribution in [0, 0.1) is 5.92 Å². The Balaban J connectivity index is 1.89. The molecule has 116 valence electrons. The van der Waals surface area contributed by atoms with Gasteiger partial charge in [-0.25, -0.2) is 9.67 Å². The van der Waals surface area contributed by atoms with E-state index >= 15 is 0 Å². The van der Waals surface area contributed by atoms with Gasteiger partial charge in [0.1, 0.15) is 12.7 Å². The highest BCUT2D eigenvalue weighted by atomic mass is 16.5. The number of hydrogen-bond acceptors (Lipinski definition) is 5. The van der Waals surface area contributed by atoms with E-state index in [2.05, 4.69) is 10.1 Å². The molecule has 7 heteroatoms. The van der Waals surface area contributed by atoms with Crippen molar-refractivity contribution in [1.82, 2.24) is 19.7 Å². The largest absolute Gasteiger partial charge is 0.396 e. The Morgan fingerprint density at radius 2 is 2.27 bits per heavy atom. The first-order valence-electron chi connectivity index (χ1n) is 7.21. The number of aliphatic hydroxyl groups is 1. The van der Waals surface area contributed by atoms with Crippen molar-refractivity contribution in [2.45, 2.75) is 0 Å². The number of rotatable bonds is 3. The molecule has 1 N–H and O–H groups in total. The summed E-state index contributed by atoms with van der Waals surface area (Å²) in [5.41, 5.74) is 1.25. The number of amides is 1. The lowest BCUT2D eigenvalue weighted by Crippen LogP contribution is -2.37. The highest BCUT2D eigenvalue weighted by molar-refractivity contribution is 5.97. The van der Waals surface area contributed by atoms with E-state index in [0.717, 1.165) is 0 Å². The fourth-order valence-corrected chi connectivity index (χ4v) is 2.53. The van der Waals surface area contributed by atoms with Crippen LogP contribution >= 0.6 is 0 Å². The molecule has 22 heavy (non-hydrogen) atoms. The second-order valence-electron chi connectivity index (χ2n) is 5.23. The number of para-hydroxylation sites is 1. The highest BCUT2D eigenvalue weighted by Gasteiger charge is 2.24. The quantitative estimate of drug-likeness (QED) is 0.885. The first kappa shape index (κ1) is 14.7. The third kappa shape index (κ3) is 3.00. The Kier molecular flexibility index (Phi) is 4.45. The molecule has 1 aromatic heterocycles. The lowest BCUT2D eigenvalue weighted by molar-refractivity contribution is 0.0728. The topological polar surface area (TPSA) is 80.5 Å². The van der Waals surface area contributed by atoms with Crippen LogP contribution < -0.4 is 0 Å². The summed E-state index contributed by atoms with van der Waals surface area (Å²) >= 11 is 0. The van der Waals surface area contributed by atoms with Crippen LogP contribution in [0.15, 0.2) is 36.9 Å². The predicted octanol–water partition coefficient (Wildman–Crippen LogP) is 0.348. The van der Waals surface area contributed by atoms with Crippen LogP contribution in [0.4, 0.5) is 0 Å². The fourth-order valence-electron chi connectivity index (χ4n) is 2.53. The molecule has 0 spiro atoms. The molecule has 7 nitrogen and oxygen atoms in total. The summed E-state index contributed by atoms with van der Waals surface area (Å²) < 4.78 is 7.01. The lowest BCUT2D eigenvalue weighted by Gasteiger charge is -2.23. The molecule has 3 rings (SSSR count). The van der Waals surface area contributed by atoms with Crippen molar-refractivity contribution in [2.24, 2.45) is 5.92 Å². The monoisotopic (exact) mass is 302 g/mol. The molecule has 0 aliphatic carbocycles. The van der Waals surface area contributed by atoms with Crippen LogP contribution in [0.25, 0.3) is 5.69 Å². The molecule has 1 saturated heterocycles. The van der Waals surface area contributed by atoms with Crippen LogP contribution in [0.2, 0.25) is 0 Å². The van der Waals surface area contributed by atoms with Gasteiger partial charge in [-0.05, 0) is 12.1 Å². The zero-order valence-electron chi connectivity index (χ0n) is 12.1. The molecular formula is C15H18N4O3. The number of nitrogens with zero attached hydrogens (tertiary/aromatic N) is 4. The zero-order chi connectivity index (χ0) is 15.4. The minimum atomic E-state index is -0.0879. The molecule has 1 atom stereocenters. The number of ether oxygens (including phenoxy) is 1. The van der Waals surface area contributed by atoms with Crippen molar-refractivity contribution in [2.75, 3.05) is 32.9 Å². The summed E-state index contributed by atoms with van der Waals surface area (Å²) in [6, 6.07) is 7.29. The first-order valence-corrected chi connectivity index (χ1v) is 7.21. The summed E-state index contributed by atoms with van der Waals surface area (Å²) in [5, 5.41) is 13.4. The average Bonchev–Trinajstić information content (AvgIpc) is 2.99. The van der Waals surface area contributed by atoms with Crippen molar-refractivity contribution in [1.29, 1.82) is 0 Å². The van der Waals surface area contributed by atoms with E-state index in [-0.39, 0.29) is 18.4 Å². The normalized spacial score (nSPS) is 19.0. The fraction of sp³-hybridized carbons (Fsp3) is 0.400. The van der Waals surface area contributed by atoms with Gasteiger partial charge in [-0.2, -0.15) is 5.10 Å². The minimum absolute atomic E-state index is 0.00844. The molecule has 1 aliphatic heterocycles. The third-order valence-electron chi connectivity index (χ3n) is 3.68. The van der Waals surface area contributed by atoms with Gasteiger partial charge in [0.05, 0.1) is 24.5 Å². The second-order valence-corrected chi connectivity index (χ2v) is 5.23. The Morgan fingerprint density at radius 3 is 3.05 bits per heavy atom. The van der Waals surface area contributed by atoms with E-state index in [9.17, 15) is 9.90 Å². The number of hydrogen-bond donors (Lipinski definition) is 1. The number of benzene rings is 1. The van der Waals surface area contributed by atoms with Crippen molar-refractivity contribution < 1.29 is 14.6 Å². The van der Waals surface area contributed by atoms with Gasteiger partial charge in [0.15, 0.2) is 0 Å². The SMILES string of the molecule is O=C(c1ccccc1-n1cncn1)N1CCOC[C@H](CO)C1. The van der Waals surface area contributed by atoms with Crippen LogP contribution in [0.1, 0.15) is 10.4 Å². The summed E-state index contributed by atoms with van der Waals surface area (Å²) in [6.07, 6.45) is 3.00. The molecule has 0 radical (unpaired) electrons. The molecule has 1 amide bonds. The van der Waals surface area contributed by atoms with Crippen molar-refractivity contribution in [3.05, 3.63) is 42.5 Å². The number of aliphatic hydroxyl groups excluding tert-OH is 1. The number of carbonyl (C=O) groups excluding carboxylic acids is 1. The lowest BCUT2D eigenvalue weighted by atomic mass is 10.1. The minimum Gasteiger partial charge on any atom is -0.396 e. The van der Waals surface area contributed by atoms with E-state index in [1.807, 2.05) is 18.2 Å². The molecule has 0 saturated carbocycles. The Hall–Kier alpha value is -2.25. The smallest absolute Gasteiger partial charge is 0.256 e. The first-order chi connectivity index (χ1) is 10.8. The summed E-state index contributed by atoms with van der Waals surface area (Å²) in [5.74, 6) is -0.139. The maximum Gasteiger partial charge on any atom is 0.256 e. The molecule has 1 fully saturated rings. The molecule has 1 aliphatic rings. The molecule has 0 bridgehead atoms.